The van der Waals surface area contributed by atoms with Gasteiger partial charge in [0.25, 0.3) is 0 Å². The Morgan fingerprint density at radius 1 is 0.289 bits per heavy atom. The third-order valence-corrected chi connectivity index (χ3v) is 6.27. The number of rotatable bonds is 4. The zero-order chi connectivity index (χ0) is 25.6. The zero-order valence-electron chi connectivity index (χ0n) is 20.5. The van der Waals surface area contributed by atoms with Crippen LogP contribution in [0.15, 0.2) is 135 Å². The molecule has 0 unspecified atom stereocenters. The molecule has 4 nitrogen and oxygen atoms in total. The van der Waals surface area contributed by atoms with Gasteiger partial charge in [0.2, 0.25) is 0 Å². The van der Waals surface area contributed by atoms with Crippen LogP contribution in [0.1, 0.15) is 11.1 Å². The van der Waals surface area contributed by atoms with Gasteiger partial charge in [-0.05, 0) is 129 Å². The van der Waals surface area contributed by atoms with E-state index in [4.69, 9.17) is 0 Å². The molecule has 4 heteroatoms. The molecule has 0 saturated carbocycles. The third-order valence-electron chi connectivity index (χ3n) is 6.27. The van der Waals surface area contributed by atoms with Crippen LogP contribution in [0.25, 0.3) is 44.5 Å². The van der Waals surface area contributed by atoms with Crippen LogP contribution in [-0.2, 0) is 0 Å². The summed E-state index contributed by atoms with van der Waals surface area (Å²) >= 11 is 0. The first-order chi connectivity index (χ1) is 18.8. The molecule has 0 aliphatic carbocycles. The Balaban J connectivity index is 1.47. The van der Waals surface area contributed by atoms with Crippen molar-refractivity contribution < 1.29 is 0 Å². The van der Waals surface area contributed by atoms with Crippen LogP contribution in [-0.4, -0.2) is 19.9 Å². The van der Waals surface area contributed by atoms with E-state index >= 15 is 0 Å². The van der Waals surface area contributed by atoms with Crippen molar-refractivity contribution in [1.82, 2.24) is 19.9 Å². The smallest absolute Gasteiger partial charge is 0.0273 e. The van der Waals surface area contributed by atoms with E-state index in [-0.39, 0.29) is 0 Å². The van der Waals surface area contributed by atoms with Gasteiger partial charge in [-0.3, -0.25) is 19.9 Å². The van der Waals surface area contributed by atoms with Gasteiger partial charge in [-0.15, -0.1) is 0 Å². The standard InChI is InChI=1S/C34H22N4/c1(25-19-31(27-3-11-35-12-4-27)23-32(20-25)28-5-13-36-14-6-28)2-26-21-33(29-7-15-37-16-8-29)24-34(22-26)30-9-17-38-18-10-30/h3-24H. The number of benzene rings is 2. The Kier molecular flexibility index (Phi) is 6.48. The molecule has 4 heterocycles. The highest BCUT2D eigenvalue weighted by molar-refractivity contribution is 5.77. The highest BCUT2D eigenvalue weighted by Crippen LogP contribution is 2.29. The second kappa shape index (κ2) is 10.7. The summed E-state index contributed by atoms with van der Waals surface area (Å²) in [6, 6.07) is 29.0. The fourth-order valence-corrected chi connectivity index (χ4v) is 4.39. The molecule has 0 saturated heterocycles. The Labute approximate surface area is 221 Å². The Hall–Kier alpha value is -5.40. The quantitative estimate of drug-likeness (QED) is 0.245. The summed E-state index contributed by atoms with van der Waals surface area (Å²) in [5, 5.41) is 0. The number of pyridine rings is 4. The monoisotopic (exact) mass is 486 g/mol. The van der Waals surface area contributed by atoms with E-state index in [1.807, 2.05) is 98.1 Å². The van der Waals surface area contributed by atoms with Gasteiger partial charge in [0.1, 0.15) is 0 Å². The number of aromatic nitrogens is 4. The summed E-state index contributed by atoms with van der Waals surface area (Å²) in [6.45, 7) is 0. The van der Waals surface area contributed by atoms with Gasteiger partial charge in [-0.1, -0.05) is 11.8 Å². The molecule has 0 bridgehead atoms. The van der Waals surface area contributed by atoms with Crippen LogP contribution < -0.4 is 0 Å². The first-order valence-electron chi connectivity index (χ1n) is 12.3. The van der Waals surface area contributed by atoms with E-state index in [9.17, 15) is 0 Å². The first kappa shape index (κ1) is 23.0. The lowest BCUT2D eigenvalue weighted by Crippen LogP contribution is -1.88. The molecule has 2 aromatic carbocycles. The fraction of sp³-hybridized carbons (Fsp3) is 0. The fourth-order valence-electron chi connectivity index (χ4n) is 4.39. The lowest BCUT2D eigenvalue weighted by Gasteiger charge is -2.09. The lowest BCUT2D eigenvalue weighted by molar-refractivity contribution is 1.32. The number of hydrogen-bond acceptors (Lipinski definition) is 4. The molecule has 0 spiro atoms. The van der Waals surface area contributed by atoms with Crippen LogP contribution >= 0.6 is 0 Å². The summed E-state index contributed by atoms with van der Waals surface area (Å²) in [7, 11) is 0. The van der Waals surface area contributed by atoms with Crippen molar-refractivity contribution in [2.45, 2.75) is 0 Å². The van der Waals surface area contributed by atoms with Crippen LogP contribution in [0.4, 0.5) is 0 Å². The van der Waals surface area contributed by atoms with E-state index in [1.54, 1.807) is 0 Å². The van der Waals surface area contributed by atoms with Gasteiger partial charge >= 0.3 is 0 Å². The highest BCUT2D eigenvalue weighted by atomic mass is 14.6. The lowest BCUT2D eigenvalue weighted by atomic mass is 9.96. The minimum absolute atomic E-state index is 0.936. The van der Waals surface area contributed by atoms with Crippen LogP contribution in [0.3, 0.4) is 0 Å². The van der Waals surface area contributed by atoms with E-state index in [1.165, 1.54) is 0 Å². The van der Waals surface area contributed by atoms with Crippen LogP contribution in [0.2, 0.25) is 0 Å². The highest BCUT2D eigenvalue weighted by Gasteiger charge is 2.07. The van der Waals surface area contributed by atoms with Crippen molar-refractivity contribution in [3.05, 3.63) is 146 Å². The number of hydrogen-bond donors (Lipinski definition) is 0. The molecule has 0 N–H and O–H groups in total. The molecule has 0 aliphatic heterocycles. The topological polar surface area (TPSA) is 51.6 Å². The maximum absolute atomic E-state index is 4.17. The molecular formula is C34H22N4. The van der Waals surface area contributed by atoms with Gasteiger partial charge in [0.15, 0.2) is 0 Å². The van der Waals surface area contributed by atoms with Crippen molar-refractivity contribution in [1.29, 1.82) is 0 Å². The maximum atomic E-state index is 4.17. The van der Waals surface area contributed by atoms with Gasteiger partial charge in [0.05, 0.1) is 0 Å². The molecule has 4 aromatic heterocycles. The van der Waals surface area contributed by atoms with Gasteiger partial charge in [-0.25, -0.2) is 0 Å². The van der Waals surface area contributed by atoms with Gasteiger partial charge in [0, 0.05) is 60.7 Å². The maximum Gasteiger partial charge on any atom is 0.0273 e. The SMILES string of the molecule is C(#Cc1cc(-c2ccncc2)cc(-c2ccncc2)c1)c1cc(-c2ccncc2)cc(-c2ccncc2)c1. The molecular weight excluding hydrogens is 464 g/mol. The average molecular weight is 487 g/mol. The molecule has 0 amide bonds. The Morgan fingerprint density at radius 3 is 0.763 bits per heavy atom. The van der Waals surface area contributed by atoms with Gasteiger partial charge in [-0.2, -0.15) is 0 Å². The summed E-state index contributed by atoms with van der Waals surface area (Å²) < 4.78 is 0. The second-order valence-electron chi connectivity index (χ2n) is 8.79. The van der Waals surface area contributed by atoms with Crippen LogP contribution in [0.5, 0.6) is 0 Å². The van der Waals surface area contributed by atoms with Gasteiger partial charge < -0.3 is 0 Å². The third kappa shape index (κ3) is 5.23. The molecule has 0 atom stereocenters. The minimum Gasteiger partial charge on any atom is -0.265 e. The van der Waals surface area contributed by atoms with Crippen molar-refractivity contribution in [2.24, 2.45) is 0 Å². The second-order valence-corrected chi connectivity index (χ2v) is 8.79. The Bertz CT molecular complexity index is 1490. The molecule has 0 radical (unpaired) electrons. The summed E-state index contributed by atoms with van der Waals surface area (Å²) in [5.41, 5.74) is 10.6. The summed E-state index contributed by atoms with van der Waals surface area (Å²) in [5.74, 6) is 6.87. The van der Waals surface area contributed by atoms with E-state index in [2.05, 4.69) is 68.2 Å². The zero-order valence-corrected chi connectivity index (χ0v) is 20.5. The first-order valence-corrected chi connectivity index (χ1v) is 12.3. The van der Waals surface area contributed by atoms with E-state index in [0.29, 0.717) is 0 Å². The van der Waals surface area contributed by atoms with E-state index < -0.39 is 0 Å². The molecule has 38 heavy (non-hydrogen) atoms. The molecule has 178 valence electrons. The molecule has 0 aliphatic rings. The Morgan fingerprint density at radius 2 is 0.526 bits per heavy atom. The minimum atomic E-state index is 0.936. The van der Waals surface area contributed by atoms with Crippen molar-refractivity contribution in [3.63, 3.8) is 0 Å². The van der Waals surface area contributed by atoms with Crippen molar-refractivity contribution >= 4 is 0 Å². The normalized spacial score (nSPS) is 10.4. The largest absolute Gasteiger partial charge is 0.265 e. The van der Waals surface area contributed by atoms with Crippen molar-refractivity contribution in [2.75, 3.05) is 0 Å². The predicted octanol–water partition coefficient (Wildman–Crippen LogP) is 7.33. The van der Waals surface area contributed by atoms with E-state index in [0.717, 1.165) is 55.6 Å². The molecule has 0 fully saturated rings. The summed E-state index contributed by atoms with van der Waals surface area (Å²) in [6.07, 6.45) is 14.5. The molecule has 6 aromatic rings. The van der Waals surface area contributed by atoms with Crippen molar-refractivity contribution in [3.8, 4) is 56.3 Å². The summed E-state index contributed by atoms with van der Waals surface area (Å²) in [4.78, 5) is 16.7. The number of nitrogens with zero attached hydrogens (tertiary/aromatic N) is 4. The predicted molar refractivity (Wildman–Crippen MR) is 152 cm³/mol. The molecule has 6 rings (SSSR count). The van der Waals surface area contributed by atoms with Crippen LogP contribution in [0, 0.1) is 11.8 Å². The average Bonchev–Trinajstić information content (AvgIpc) is 3.01.